The fourth-order valence-corrected chi connectivity index (χ4v) is 4.53. The molecular weight excluding hydrogens is 476 g/mol. The zero-order valence-electron chi connectivity index (χ0n) is 19.0. The van der Waals surface area contributed by atoms with Gasteiger partial charge >= 0.3 is 0 Å². The largest absolute Gasteiger partial charge is 0.495 e. The molecule has 34 heavy (non-hydrogen) atoms. The van der Waals surface area contributed by atoms with E-state index in [2.05, 4.69) is 22.2 Å². The topological polar surface area (TPSA) is 93.7 Å². The first-order valence-electron chi connectivity index (χ1n) is 10.7. The number of rotatable bonds is 11. The van der Waals surface area contributed by atoms with E-state index in [9.17, 15) is 13.2 Å². The molecule has 1 atom stereocenters. The number of sulfonamides is 1. The van der Waals surface area contributed by atoms with Crippen molar-refractivity contribution in [2.24, 2.45) is 0 Å². The second kappa shape index (κ2) is 11.8. The van der Waals surface area contributed by atoms with Gasteiger partial charge in [0.15, 0.2) is 6.61 Å². The maximum Gasteiger partial charge on any atom is 0.261 e. The van der Waals surface area contributed by atoms with Crippen LogP contribution in [0.5, 0.6) is 11.5 Å². The van der Waals surface area contributed by atoms with Crippen LogP contribution in [0.3, 0.4) is 0 Å². The molecule has 3 rings (SSSR count). The van der Waals surface area contributed by atoms with Gasteiger partial charge in [0.1, 0.15) is 11.5 Å². The van der Waals surface area contributed by atoms with Crippen LogP contribution < -0.4 is 19.5 Å². The third-order valence-corrected chi connectivity index (χ3v) is 6.72. The van der Waals surface area contributed by atoms with Crippen molar-refractivity contribution >= 4 is 33.2 Å². The standard InChI is InChI=1S/C25H27ClN2O5S/c1-18(8-9-19-6-4-3-5-7-19)27-25(29)17-33-21-11-13-22(14-12-21)34(30,31)28-20-10-15-24(32-2)23(26)16-20/h3-7,10-16,18,28H,8-9,17H2,1-2H3,(H,27,29)/t18-/m0/s1. The highest BCUT2D eigenvalue weighted by atomic mass is 35.5. The highest BCUT2D eigenvalue weighted by Gasteiger charge is 2.16. The number of nitrogens with one attached hydrogen (secondary N) is 2. The molecule has 0 unspecified atom stereocenters. The van der Waals surface area contributed by atoms with Gasteiger partial charge in [-0.15, -0.1) is 0 Å². The first-order chi connectivity index (χ1) is 16.3. The van der Waals surface area contributed by atoms with Crippen LogP contribution in [0.1, 0.15) is 18.9 Å². The van der Waals surface area contributed by atoms with Crippen LogP contribution in [0.15, 0.2) is 77.7 Å². The third-order valence-electron chi connectivity index (χ3n) is 5.02. The molecule has 0 radical (unpaired) electrons. The number of hydrogen-bond acceptors (Lipinski definition) is 5. The SMILES string of the molecule is COc1ccc(NS(=O)(=O)c2ccc(OCC(=O)N[C@@H](C)CCc3ccccc3)cc2)cc1Cl. The van der Waals surface area contributed by atoms with Crippen LogP contribution >= 0.6 is 11.6 Å². The summed E-state index contributed by atoms with van der Waals surface area (Å²) < 4.78 is 38.3. The van der Waals surface area contributed by atoms with Gasteiger partial charge in [-0.3, -0.25) is 9.52 Å². The van der Waals surface area contributed by atoms with E-state index in [1.54, 1.807) is 12.1 Å². The number of methoxy groups -OCH3 is 1. The van der Waals surface area contributed by atoms with E-state index in [-0.39, 0.29) is 23.5 Å². The predicted octanol–water partition coefficient (Wildman–Crippen LogP) is 4.67. The minimum Gasteiger partial charge on any atom is -0.495 e. The molecule has 0 aromatic heterocycles. The highest BCUT2D eigenvalue weighted by Crippen LogP contribution is 2.28. The van der Waals surface area contributed by atoms with Crippen molar-refractivity contribution in [3.8, 4) is 11.5 Å². The molecule has 7 nitrogen and oxygen atoms in total. The maximum absolute atomic E-state index is 12.6. The number of carbonyl (C=O) groups excluding carboxylic acids is 1. The zero-order chi connectivity index (χ0) is 24.6. The van der Waals surface area contributed by atoms with Gasteiger partial charge < -0.3 is 14.8 Å². The van der Waals surface area contributed by atoms with E-state index >= 15 is 0 Å². The van der Waals surface area contributed by atoms with Gasteiger partial charge in [0.2, 0.25) is 0 Å². The van der Waals surface area contributed by atoms with E-state index in [1.807, 2.05) is 25.1 Å². The van der Waals surface area contributed by atoms with Crippen molar-refractivity contribution in [2.75, 3.05) is 18.4 Å². The lowest BCUT2D eigenvalue weighted by atomic mass is 10.1. The Morgan fingerprint density at radius 1 is 1.03 bits per heavy atom. The predicted molar refractivity (Wildman–Crippen MR) is 133 cm³/mol. The fourth-order valence-electron chi connectivity index (χ4n) is 3.22. The molecule has 3 aromatic rings. The lowest BCUT2D eigenvalue weighted by Gasteiger charge is -2.14. The van der Waals surface area contributed by atoms with Crippen LogP contribution in [0.4, 0.5) is 5.69 Å². The summed E-state index contributed by atoms with van der Waals surface area (Å²) in [6, 6.07) is 20.5. The molecule has 0 fully saturated rings. The van der Waals surface area contributed by atoms with Gasteiger partial charge in [-0.1, -0.05) is 41.9 Å². The molecule has 180 valence electrons. The van der Waals surface area contributed by atoms with Crippen molar-refractivity contribution in [2.45, 2.75) is 30.7 Å². The lowest BCUT2D eigenvalue weighted by Crippen LogP contribution is -2.36. The Morgan fingerprint density at radius 2 is 1.74 bits per heavy atom. The fraction of sp³-hybridized carbons (Fsp3) is 0.240. The van der Waals surface area contributed by atoms with Crippen molar-refractivity contribution in [3.05, 3.63) is 83.4 Å². The normalized spacial score (nSPS) is 12.0. The summed E-state index contributed by atoms with van der Waals surface area (Å²) in [4.78, 5) is 12.2. The number of amides is 1. The Morgan fingerprint density at radius 3 is 2.38 bits per heavy atom. The van der Waals surface area contributed by atoms with E-state index < -0.39 is 10.0 Å². The Bertz CT molecular complexity index is 1200. The number of hydrogen-bond donors (Lipinski definition) is 2. The number of anilines is 1. The quantitative estimate of drug-likeness (QED) is 0.397. The van der Waals surface area contributed by atoms with Crippen LogP contribution in [0.2, 0.25) is 5.02 Å². The summed E-state index contributed by atoms with van der Waals surface area (Å²) in [6.45, 7) is 1.79. The van der Waals surface area contributed by atoms with Gasteiger partial charge in [0.25, 0.3) is 15.9 Å². The van der Waals surface area contributed by atoms with Crippen LogP contribution in [-0.2, 0) is 21.2 Å². The highest BCUT2D eigenvalue weighted by molar-refractivity contribution is 7.92. The molecule has 0 aliphatic heterocycles. The second-order valence-corrected chi connectivity index (χ2v) is 9.80. The Balaban J connectivity index is 1.49. The Hall–Kier alpha value is -3.23. The Kier molecular flexibility index (Phi) is 8.79. The van der Waals surface area contributed by atoms with Crippen molar-refractivity contribution in [1.82, 2.24) is 5.32 Å². The second-order valence-electron chi connectivity index (χ2n) is 7.71. The smallest absolute Gasteiger partial charge is 0.261 e. The first kappa shape index (κ1) is 25.4. The number of ether oxygens (including phenoxy) is 2. The molecule has 1 amide bonds. The van der Waals surface area contributed by atoms with Crippen LogP contribution in [-0.4, -0.2) is 34.1 Å². The van der Waals surface area contributed by atoms with E-state index in [0.29, 0.717) is 22.2 Å². The molecule has 0 saturated heterocycles. The maximum atomic E-state index is 12.6. The minimum atomic E-state index is -3.83. The van der Waals surface area contributed by atoms with Gasteiger partial charge in [-0.2, -0.15) is 0 Å². The summed E-state index contributed by atoms with van der Waals surface area (Å²) in [6.07, 6.45) is 1.69. The molecule has 9 heteroatoms. The molecular formula is C25H27ClN2O5S. The van der Waals surface area contributed by atoms with Gasteiger partial charge in [-0.25, -0.2) is 8.42 Å². The summed E-state index contributed by atoms with van der Waals surface area (Å²) in [5.41, 5.74) is 1.53. The molecule has 3 aromatic carbocycles. The van der Waals surface area contributed by atoms with Crippen molar-refractivity contribution in [3.63, 3.8) is 0 Å². The monoisotopic (exact) mass is 502 g/mol. The molecule has 0 heterocycles. The molecule has 0 saturated carbocycles. The summed E-state index contributed by atoms with van der Waals surface area (Å²) in [5, 5.41) is 3.20. The van der Waals surface area contributed by atoms with Gasteiger partial charge in [0.05, 0.1) is 22.7 Å². The third kappa shape index (κ3) is 7.40. The average Bonchev–Trinajstić information content (AvgIpc) is 2.82. The van der Waals surface area contributed by atoms with Crippen LogP contribution in [0, 0.1) is 0 Å². The number of benzene rings is 3. The molecule has 0 aliphatic carbocycles. The molecule has 0 aliphatic rings. The van der Waals surface area contributed by atoms with Crippen molar-refractivity contribution < 1.29 is 22.7 Å². The van der Waals surface area contributed by atoms with Gasteiger partial charge in [-0.05, 0) is 67.8 Å². The Labute approximate surface area is 205 Å². The van der Waals surface area contributed by atoms with Crippen LogP contribution in [0.25, 0.3) is 0 Å². The molecule has 2 N–H and O–H groups in total. The number of carbonyl (C=O) groups is 1. The summed E-state index contributed by atoms with van der Waals surface area (Å²) in [7, 11) is -2.35. The molecule has 0 bridgehead atoms. The minimum absolute atomic E-state index is 0.00126. The average molecular weight is 503 g/mol. The zero-order valence-corrected chi connectivity index (χ0v) is 20.5. The van der Waals surface area contributed by atoms with E-state index in [0.717, 1.165) is 12.8 Å². The molecule has 0 spiro atoms. The van der Waals surface area contributed by atoms with E-state index in [4.69, 9.17) is 21.1 Å². The first-order valence-corrected chi connectivity index (χ1v) is 12.6. The van der Waals surface area contributed by atoms with Crippen molar-refractivity contribution in [1.29, 1.82) is 0 Å². The number of aryl methyl sites for hydroxylation is 1. The number of halogens is 1. The summed E-state index contributed by atoms with van der Waals surface area (Å²) in [5.74, 6) is 0.592. The summed E-state index contributed by atoms with van der Waals surface area (Å²) >= 11 is 6.05. The van der Waals surface area contributed by atoms with E-state index in [1.165, 1.54) is 43.0 Å². The lowest BCUT2D eigenvalue weighted by molar-refractivity contribution is -0.123. The van der Waals surface area contributed by atoms with Gasteiger partial charge in [0, 0.05) is 6.04 Å².